The van der Waals surface area contributed by atoms with Crippen LogP contribution in [0.25, 0.3) is 0 Å². The van der Waals surface area contributed by atoms with Crippen molar-refractivity contribution in [2.75, 3.05) is 17.3 Å². The average Bonchev–Trinajstić information content (AvgIpc) is 3.14. The van der Waals surface area contributed by atoms with Gasteiger partial charge in [-0.1, -0.05) is 11.8 Å². The largest absolute Gasteiger partial charge is 0.383 e. The lowest BCUT2D eigenvalue weighted by molar-refractivity contribution is 0.628. The molecule has 2 heterocycles. The third kappa shape index (κ3) is 4.37. The van der Waals surface area contributed by atoms with Crippen molar-refractivity contribution in [2.24, 2.45) is 0 Å². The molecule has 0 aliphatic carbocycles. The van der Waals surface area contributed by atoms with E-state index in [9.17, 15) is 14.9 Å². The van der Waals surface area contributed by atoms with Gasteiger partial charge in [0.2, 0.25) is 0 Å². The first-order valence-electron chi connectivity index (χ1n) is 7.83. The lowest BCUT2D eigenvalue weighted by Crippen LogP contribution is -2.02. The fraction of sp³-hybridized carbons (Fsp3) is 0.111. The molecule has 2 aromatic heterocycles. The third-order valence-electron chi connectivity index (χ3n) is 3.58. The van der Waals surface area contributed by atoms with Crippen molar-refractivity contribution in [2.45, 2.75) is 15.7 Å². The van der Waals surface area contributed by atoms with Crippen molar-refractivity contribution in [3.63, 3.8) is 0 Å². The van der Waals surface area contributed by atoms with E-state index in [2.05, 4.69) is 21.4 Å². The quantitative estimate of drug-likeness (QED) is 0.541. The highest BCUT2D eigenvalue weighted by Gasteiger charge is 2.18. The molecule has 0 saturated heterocycles. The Kier molecular flexibility index (Phi) is 6.37. The second kappa shape index (κ2) is 8.93. The maximum atomic E-state index is 13.0. The van der Waals surface area contributed by atoms with E-state index in [1.54, 1.807) is 18.4 Å². The summed E-state index contributed by atoms with van der Waals surface area (Å²) in [6, 6.07) is 10.2. The number of anilines is 3. The van der Waals surface area contributed by atoms with E-state index in [0.29, 0.717) is 26.4 Å². The monoisotopic (exact) mass is 428 g/mol. The topological polar surface area (TPSA) is 111 Å². The molecule has 140 valence electrons. The van der Waals surface area contributed by atoms with Crippen molar-refractivity contribution in [3.8, 4) is 12.1 Å². The minimum atomic E-state index is -0.297. The van der Waals surface area contributed by atoms with Gasteiger partial charge in [0.1, 0.15) is 34.4 Å². The molecule has 0 spiro atoms. The lowest BCUT2D eigenvalue weighted by atomic mass is 10.2. The number of thioether (sulfide) groups is 2. The van der Waals surface area contributed by atoms with Crippen LogP contribution in [-0.2, 0) is 5.75 Å². The highest BCUT2D eigenvalue weighted by molar-refractivity contribution is 7.99. The third-order valence-corrected chi connectivity index (χ3v) is 6.21. The summed E-state index contributed by atoms with van der Waals surface area (Å²) in [4.78, 5) is 9.26. The Morgan fingerprint density at radius 3 is 2.54 bits per heavy atom. The molecular formula is C18H13FN6S3. The molecule has 10 heteroatoms. The molecule has 0 amide bonds. The molecule has 0 saturated carbocycles. The van der Waals surface area contributed by atoms with E-state index >= 15 is 0 Å². The van der Waals surface area contributed by atoms with Crippen LogP contribution in [0.4, 0.5) is 21.0 Å². The lowest BCUT2D eigenvalue weighted by Gasteiger charge is -2.10. The summed E-state index contributed by atoms with van der Waals surface area (Å²) in [7, 11) is 0. The molecule has 3 rings (SSSR count). The highest BCUT2D eigenvalue weighted by atomic mass is 32.2. The number of nitrogens with one attached hydrogen (secondary N) is 1. The van der Waals surface area contributed by atoms with Gasteiger partial charge in [0, 0.05) is 21.7 Å². The molecule has 6 nitrogen and oxygen atoms in total. The zero-order valence-electron chi connectivity index (χ0n) is 14.6. The van der Waals surface area contributed by atoms with Gasteiger partial charge in [-0.25, -0.2) is 14.4 Å². The summed E-state index contributed by atoms with van der Waals surface area (Å²) in [5.41, 5.74) is 8.01. The smallest absolute Gasteiger partial charge is 0.187 e. The van der Waals surface area contributed by atoms with Crippen molar-refractivity contribution >= 4 is 51.5 Å². The Morgan fingerprint density at radius 2 is 1.89 bits per heavy atom. The number of aromatic nitrogens is 2. The van der Waals surface area contributed by atoms with Gasteiger partial charge >= 0.3 is 0 Å². The molecule has 0 unspecified atom stereocenters. The first kappa shape index (κ1) is 20.0. The number of thiazole rings is 1. The maximum Gasteiger partial charge on any atom is 0.187 e. The van der Waals surface area contributed by atoms with Gasteiger partial charge in [-0.15, -0.1) is 23.1 Å². The number of halogens is 1. The van der Waals surface area contributed by atoms with E-state index in [-0.39, 0.29) is 17.2 Å². The first-order valence-corrected chi connectivity index (χ1v) is 10.9. The van der Waals surface area contributed by atoms with Crippen molar-refractivity contribution < 1.29 is 4.39 Å². The SMILES string of the molecule is CSc1c(C#N)c(N)nc(SCc2csc(Nc3ccc(F)cc3)n2)c1C#N. The number of nitrogens with zero attached hydrogens (tertiary/aromatic N) is 4. The van der Waals surface area contributed by atoms with Gasteiger partial charge in [0.15, 0.2) is 5.13 Å². The standard InChI is InChI=1S/C18H13FN6S3/c1-26-15-13(6-20)16(22)25-17(14(15)7-21)27-8-12-9-28-18(24-12)23-11-4-2-10(19)3-5-11/h2-5,9H,8H2,1H3,(H2,22,25)(H,23,24). The molecule has 0 aliphatic heterocycles. The summed E-state index contributed by atoms with van der Waals surface area (Å²) in [5.74, 6) is 0.307. The summed E-state index contributed by atoms with van der Waals surface area (Å²) in [5, 5.41) is 24.9. The van der Waals surface area contributed by atoms with E-state index in [4.69, 9.17) is 5.73 Å². The molecule has 0 radical (unpaired) electrons. The van der Waals surface area contributed by atoms with Crippen LogP contribution in [0.3, 0.4) is 0 Å². The Labute approximate surface area is 173 Å². The van der Waals surface area contributed by atoms with Crippen LogP contribution in [0, 0.1) is 28.5 Å². The Morgan fingerprint density at radius 1 is 1.18 bits per heavy atom. The zero-order chi connectivity index (χ0) is 20.1. The van der Waals surface area contributed by atoms with Crippen LogP contribution in [0.1, 0.15) is 16.8 Å². The van der Waals surface area contributed by atoms with Crippen LogP contribution in [0.15, 0.2) is 39.6 Å². The van der Waals surface area contributed by atoms with E-state index in [1.807, 2.05) is 11.4 Å². The second-order valence-electron chi connectivity index (χ2n) is 5.37. The summed E-state index contributed by atoms with van der Waals surface area (Å²) in [6.07, 6.45) is 1.79. The Bertz CT molecular complexity index is 1080. The number of nitriles is 2. The van der Waals surface area contributed by atoms with Gasteiger partial charge in [-0.05, 0) is 30.5 Å². The van der Waals surface area contributed by atoms with Crippen molar-refractivity contribution in [1.29, 1.82) is 10.5 Å². The summed E-state index contributed by atoms with van der Waals surface area (Å²) < 4.78 is 13.0. The minimum Gasteiger partial charge on any atom is -0.383 e. The minimum absolute atomic E-state index is 0.116. The van der Waals surface area contributed by atoms with Gasteiger partial charge in [-0.2, -0.15) is 10.5 Å². The first-order chi connectivity index (χ1) is 13.5. The number of pyridine rings is 1. The van der Waals surface area contributed by atoms with Crippen LogP contribution in [0.5, 0.6) is 0 Å². The molecule has 28 heavy (non-hydrogen) atoms. The highest BCUT2D eigenvalue weighted by Crippen LogP contribution is 2.35. The van der Waals surface area contributed by atoms with E-state index in [0.717, 1.165) is 11.4 Å². The fourth-order valence-electron chi connectivity index (χ4n) is 2.30. The zero-order valence-corrected chi connectivity index (χ0v) is 17.0. The number of nitrogens with two attached hydrogens (primary N) is 1. The molecule has 3 aromatic rings. The number of benzene rings is 1. The molecule has 0 atom stereocenters. The molecular weight excluding hydrogens is 415 g/mol. The van der Waals surface area contributed by atoms with Gasteiger partial charge in [0.25, 0.3) is 0 Å². The van der Waals surface area contributed by atoms with Crippen molar-refractivity contribution in [3.05, 3.63) is 52.3 Å². The van der Waals surface area contributed by atoms with Crippen LogP contribution in [0.2, 0.25) is 0 Å². The summed E-state index contributed by atoms with van der Waals surface area (Å²) >= 11 is 4.06. The van der Waals surface area contributed by atoms with E-state index < -0.39 is 0 Å². The number of rotatable bonds is 6. The van der Waals surface area contributed by atoms with Gasteiger partial charge < -0.3 is 11.1 Å². The fourth-order valence-corrected chi connectivity index (χ4v) is 4.79. The van der Waals surface area contributed by atoms with Crippen LogP contribution < -0.4 is 11.1 Å². The number of hydrogen-bond donors (Lipinski definition) is 2. The molecule has 0 aliphatic rings. The number of hydrogen-bond acceptors (Lipinski definition) is 9. The average molecular weight is 429 g/mol. The molecule has 0 bridgehead atoms. The Balaban J connectivity index is 1.75. The van der Waals surface area contributed by atoms with Gasteiger partial charge in [0.05, 0.1) is 11.3 Å². The van der Waals surface area contributed by atoms with Gasteiger partial charge in [-0.3, -0.25) is 0 Å². The summed E-state index contributed by atoms with van der Waals surface area (Å²) in [6.45, 7) is 0. The molecule has 1 aromatic carbocycles. The normalized spacial score (nSPS) is 10.3. The van der Waals surface area contributed by atoms with Crippen LogP contribution >= 0.6 is 34.9 Å². The van der Waals surface area contributed by atoms with Crippen LogP contribution in [-0.4, -0.2) is 16.2 Å². The maximum absolute atomic E-state index is 13.0. The number of nitrogen functional groups attached to an aromatic ring is 1. The predicted octanol–water partition coefficient (Wildman–Crippen LogP) is 4.76. The van der Waals surface area contributed by atoms with E-state index in [1.165, 1.54) is 47.0 Å². The molecule has 3 N–H and O–H groups in total. The second-order valence-corrected chi connectivity index (χ2v) is 8.01. The predicted molar refractivity (Wildman–Crippen MR) is 111 cm³/mol. The Hall–Kier alpha value is -2.79. The van der Waals surface area contributed by atoms with Crippen molar-refractivity contribution in [1.82, 2.24) is 9.97 Å². The molecule has 0 fully saturated rings.